The third-order valence-electron chi connectivity index (χ3n) is 5.50. The van der Waals surface area contributed by atoms with Crippen molar-refractivity contribution in [3.63, 3.8) is 0 Å². The van der Waals surface area contributed by atoms with Gasteiger partial charge in [0.25, 0.3) is 5.91 Å². The number of hydrogen-bond donors (Lipinski definition) is 3. The van der Waals surface area contributed by atoms with Crippen LogP contribution >= 0.6 is 0 Å². The normalized spacial score (nSPS) is 11.2. The number of carbonyl (C=O) groups is 2. The number of nitrogens with two attached hydrogens (primary N) is 1. The lowest BCUT2D eigenvalue weighted by Gasteiger charge is -2.15. The van der Waals surface area contributed by atoms with Crippen LogP contribution in [0, 0.1) is 0 Å². The summed E-state index contributed by atoms with van der Waals surface area (Å²) in [5.41, 5.74) is 9.69. The number of anilines is 2. The number of rotatable bonds is 7. The van der Waals surface area contributed by atoms with Crippen LogP contribution in [-0.2, 0) is 4.79 Å². The Labute approximate surface area is 208 Å². The smallest absolute Gasteiger partial charge is 0.405 e. The number of aromatic nitrogens is 1. The van der Waals surface area contributed by atoms with Gasteiger partial charge in [0, 0.05) is 11.3 Å². The second kappa shape index (κ2) is 10.1. The van der Waals surface area contributed by atoms with Gasteiger partial charge in [-0.3, -0.25) is 9.59 Å². The molecule has 8 nitrogen and oxygen atoms in total. The average Bonchev–Trinajstić information content (AvgIpc) is 3.27. The van der Waals surface area contributed by atoms with Crippen molar-refractivity contribution in [2.75, 3.05) is 24.7 Å². The van der Waals surface area contributed by atoms with Crippen molar-refractivity contribution < 1.29 is 32.0 Å². The van der Waals surface area contributed by atoms with E-state index in [-0.39, 0.29) is 23.0 Å². The molecule has 11 heteroatoms. The van der Waals surface area contributed by atoms with Crippen LogP contribution in [0.1, 0.15) is 10.4 Å². The van der Waals surface area contributed by atoms with Crippen molar-refractivity contribution in [1.29, 1.82) is 0 Å². The molecule has 190 valence electrons. The number of alkyl halides is 3. The molecule has 4 N–H and O–H groups in total. The van der Waals surface area contributed by atoms with Gasteiger partial charge in [0.05, 0.1) is 18.1 Å². The van der Waals surface area contributed by atoms with Crippen LogP contribution in [0.4, 0.5) is 24.7 Å². The highest BCUT2D eigenvalue weighted by Gasteiger charge is 2.28. The first-order valence-corrected chi connectivity index (χ1v) is 10.9. The van der Waals surface area contributed by atoms with Gasteiger partial charge in [-0.15, -0.1) is 0 Å². The Morgan fingerprint density at radius 1 is 1.11 bits per heavy atom. The highest BCUT2D eigenvalue weighted by molar-refractivity contribution is 6.08. The summed E-state index contributed by atoms with van der Waals surface area (Å²) in [5, 5.41) is 8.88. The summed E-state index contributed by atoms with van der Waals surface area (Å²) >= 11 is 0. The quantitative estimate of drug-likeness (QED) is 0.295. The summed E-state index contributed by atoms with van der Waals surface area (Å²) in [6, 6.07) is 15.0. The predicted octanol–water partition coefficient (Wildman–Crippen LogP) is 5.17. The molecule has 0 aliphatic rings. The maximum absolute atomic E-state index is 12.6. The molecule has 0 fully saturated rings. The molecule has 4 rings (SSSR count). The van der Waals surface area contributed by atoms with Gasteiger partial charge < -0.3 is 25.6 Å². The van der Waals surface area contributed by atoms with Gasteiger partial charge in [0.15, 0.2) is 11.4 Å². The standard InChI is InChI=1S/C26H21F3N4O4/c1-3-21(34)32-16-7-4-14(5-8-16)17-10-11-19-23(24(30)33-37-19)22(17)15-6-9-18(20(12-15)36-2)25(35)31-13-26(27,28)29/h3-12H,1,13H2,2H3,(H2,30,33)(H,31,35)(H,32,34). The van der Waals surface area contributed by atoms with E-state index in [0.29, 0.717) is 27.8 Å². The second-order valence-electron chi connectivity index (χ2n) is 7.91. The van der Waals surface area contributed by atoms with Crippen LogP contribution in [0.2, 0.25) is 0 Å². The number of nitrogens with zero attached hydrogens (tertiary/aromatic N) is 1. The van der Waals surface area contributed by atoms with Crippen LogP contribution in [0.3, 0.4) is 0 Å². The van der Waals surface area contributed by atoms with Crippen molar-refractivity contribution >= 4 is 34.3 Å². The summed E-state index contributed by atoms with van der Waals surface area (Å²) < 4.78 is 48.4. The van der Waals surface area contributed by atoms with Gasteiger partial charge in [-0.2, -0.15) is 13.2 Å². The van der Waals surface area contributed by atoms with Gasteiger partial charge >= 0.3 is 6.18 Å². The number of halogens is 3. The summed E-state index contributed by atoms with van der Waals surface area (Å²) in [4.78, 5) is 24.0. The molecule has 4 aromatic rings. The number of nitrogens with one attached hydrogen (secondary N) is 2. The van der Waals surface area contributed by atoms with Crippen LogP contribution in [-0.4, -0.2) is 36.8 Å². The third-order valence-corrected chi connectivity index (χ3v) is 5.50. The number of nitrogen functional groups attached to an aromatic ring is 1. The zero-order valence-corrected chi connectivity index (χ0v) is 19.5. The molecule has 0 aliphatic carbocycles. The third kappa shape index (κ3) is 5.40. The van der Waals surface area contributed by atoms with Gasteiger partial charge in [-0.1, -0.05) is 29.9 Å². The molecule has 0 radical (unpaired) electrons. The molecule has 0 bridgehead atoms. The zero-order chi connectivity index (χ0) is 26.7. The van der Waals surface area contributed by atoms with E-state index in [1.807, 2.05) is 5.32 Å². The minimum atomic E-state index is -4.55. The highest BCUT2D eigenvalue weighted by atomic mass is 19.4. The minimum Gasteiger partial charge on any atom is -0.496 e. The number of ether oxygens (including phenoxy) is 1. The van der Waals surface area contributed by atoms with Crippen LogP contribution in [0.15, 0.2) is 71.8 Å². The summed E-state index contributed by atoms with van der Waals surface area (Å²) in [5.74, 6) is -1.08. The SMILES string of the molecule is C=CC(=O)Nc1ccc(-c2ccc3onc(N)c3c2-c2ccc(C(=O)NCC(F)(F)F)c(OC)c2)cc1. The first-order valence-electron chi connectivity index (χ1n) is 10.9. The van der Waals surface area contributed by atoms with E-state index >= 15 is 0 Å². The molecular formula is C26H21F3N4O4. The van der Waals surface area contributed by atoms with Gasteiger partial charge in [-0.25, -0.2) is 0 Å². The highest BCUT2D eigenvalue weighted by Crippen LogP contribution is 2.42. The fourth-order valence-corrected chi connectivity index (χ4v) is 3.83. The number of hydrogen-bond acceptors (Lipinski definition) is 6. The Morgan fingerprint density at radius 2 is 1.81 bits per heavy atom. The number of methoxy groups -OCH3 is 1. The van der Waals surface area contributed by atoms with Crippen LogP contribution < -0.4 is 21.1 Å². The molecule has 0 atom stereocenters. The Morgan fingerprint density at radius 3 is 2.46 bits per heavy atom. The van der Waals surface area contributed by atoms with Crippen molar-refractivity contribution in [1.82, 2.24) is 10.5 Å². The fraction of sp³-hybridized carbons (Fsp3) is 0.115. The minimum absolute atomic E-state index is 0.0650. The van der Waals surface area contributed by atoms with E-state index in [2.05, 4.69) is 17.1 Å². The number of fused-ring (bicyclic) bond motifs is 1. The molecule has 0 saturated carbocycles. The van der Waals surface area contributed by atoms with E-state index in [1.54, 1.807) is 42.5 Å². The first-order chi connectivity index (χ1) is 17.6. The Bertz CT molecular complexity index is 1490. The van der Waals surface area contributed by atoms with E-state index in [0.717, 1.165) is 17.2 Å². The van der Waals surface area contributed by atoms with Crippen LogP contribution in [0.25, 0.3) is 33.2 Å². The lowest BCUT2D eigenvalue weighted by Crippen LogP contribution is -2.33. The number of benzene rings is 3. The second-order valence-corrected chi connectivity index (χ2v) is 7.91. The molecule has 3 aromatic carbocycles. The lowest BCUT2D eigenvalue weighted by molar-refractivity contribution is -0.123. The molecule has 0 saturated heterocycles. The molecule has 2 amide bonds. The molecule has 1 heterocycles. The average molecular weight is 510 g/mol. The Hall–Kier alpha value is -4.80. The number of amides is 2. The van der Waals surface area contributed by atoms with Gasteiger partial charge in [0.2, 0.25) is 5.91 Å². The predicted molar refractivity (Wildman–Crippen MR) is 133 cm³/mol. The van der Waals surface area contributed by atoms with E-state index in [4.69, 9.17) is 15.0 Å². The van der Waals surface area contributed by atoms with Crippen LogP contribution in [0.5, 0.6) is 5.75 Å². The summed E-state index contributed by atoms with van der Waals surface area (Å²) in [6.45, 7) is 1.96. The largest absolute Gasteiger partial charge is 0.496 e. The number of carbonyl (C=O) groups excluding carboxylic acids is 2. The maximum atomic E-state index is 12.6. The van der Waals surface area contributed by atoms with Crippen molar-refractivity contribution in [3.8, 4) is 28.0 Å². The van der Waals surface area contributed by atoms with E-state index < -0.39 is 18.6 Å². The summed E-state index contributed by atoms with van der Waals surface area (Å²) in [7, 11) is 1.31. The molecule has 1 aromatic heterocycles. The molecule has 0 aliphatic heterocycles. The van der Waals surface area contributed by atoms with Crippen molar-refractivity contribution in [3.05, 3.63) is 72.8 Å². The molecule has 0 unspecified atom stereocenters. The van der Waals surface area contributed by atoms with E-state index in [9.17, 15) is 22.8 Å². The lowest BCUT2D eigenvalue weighted by atomic mass is 9.91. The monoisotopic (exact) mass is 510 g/mol. The molecule has 37 heavy (non-hydrogen) atoms. The Kier molecular flexibility index (Phi) is 6.87. The Balaban J connectivity index is 1.81. The van der Waals surface area contributed by atoms with Crippen molar-refractivity contribution in [2.45, 2.75) is 6.18 Å². The van der Waals surface area contributed by atoms with Gasteiger partial charge in [-0.05, 0) is 59.2 Å². The zero-order valence-electron chi connectivity index (χ0n) is 19.5. The van der Waals surface area contributed by atoms with Crippen molar-refractivity contribution in [2.24, 2.45) is 0 Å². The topological polar surface area (TPSA) is 119 Å². The first kappa shape index (κ1) is 25.3. The maximum Gasteiger partial charge on any atom is 0.405 e. The fourth-order valence-electron chi connectivity index (χ4n) is 3.83. The summed E-state index contributed by atoms with van der Waals surface area (Å²) in [6.07, 6.45) is -3.39. The molecule has 0 spiro atoms. The molecular weight excluding hydrogens is 489 g/mol. The van der Waals surface area contributed by atoms with E-state index in [1.165, 1.54) is 19.2 Å². The van der Waals surface area contributed by atoms with Gasteiger partial charge in [0.1, 0.15) is 12.3 Å².